The van der Waals surface area contributed by atoms with E-state index in [9.17, 15) is 4.79 Å². The van der Waals surface area contributed by atoms with Crippen molar-refractivity contribution in [1.82, 2.24) is 0 Å². The molecule has 86 valence electrons. The number of aliphatic hydroxyl groups excluding tert-OH is 1. The van der Waals surface area contributed by atoms with Crippen molar-refractivity contribution >= 4 is 23.2 Å². The summed E-state index contributed by atoms with van der Waals surface area (Å²) in [7, 11) is 0. The smallest absolute Gasteiger partial charge is 0.253 e. The zero-order chi connectivity index (χ0) is 11.5. The average Bonchev–Trinajstić information content (AvgIpc) is 2.30. The van der Waals surface area contributed by atoms with E-state index in [2.05, 4.69) is 0 Å². The van der Waals surface area contributed by atoms with Crippen LogP contribution in [0.1, 0.15) is 0 Å². The molecular formula is C11H12ClNO3. The number of carbonyl (C=O) groups excluding carboxylic acids is 1. The quantitative estimate of drug-likeness (QED) is 0.843. The van der Waals surface area contributed by atoms with Gasteiger partial charge in [-0.1, -0.05) is 17.7 Å². The molecular weight excluding hydrogens is 230 g/mol. The molecule has 0 radical (unpaired) electrons. The van der Waals surface area contributed by atoms with Crippen LogP contribution in [0.3, 0.4) is 0 Å². The van der Waals surface area contributed by atoms with Crippen LogP contribution >= 0.6 is 11.6 Å². The fraction of sp³-hybridized carbons (Fsp3) is 0.364. The number of hydrogen-bond acceptors (Lipinski definition) is 3. The Kier molecular flexibility index (Phi) is 3.43. The lowest BCUT2D eigenvalue weighted by Crippen LogP contribution is -2.48. The summed E-state index contributed by atoms with van der Waals surface area (Å²) in [5.74, 6) is -0.119. The summed E-state index contributed by atoms with van der Waals surface area (Å²) >= 11 is 5.86. The monoisotopic (exact) mass is 241 g/mol. The first kappa shape index (κ1) is 11.4. The number of aliphatic hydroxyl groups is 1. The third kappa shape index (κ3) is 2.35. The molecule has 1 aromatic rings. The van der Waals surface area contributed by atoms with Crippen LogP contribution in [-0.4, -0.2) is 36.9 Å². The summed E-state index contributed by atoms with van der Waals surface area (Å²) < 4.78 is 5.15. The van der Waals surface area contributed by atoms with Crippen LogP contribution in [0.25, 0.3) is 0 Å². The maximum atomic E-state index is 11.6. The van der Waals surface area contributed by atoms with Crippen LogP contribution in [0.15, 0.2) is 24.3 Å². The maximum absolute atomic E-state index is 11.6. The van der Waals surface area contributed by atoms with Crippen molar-refractivity contribution in [3.05, 3.63) is 29.3 Å². The molecule has 1 unspecified atom stereocenters. The Labute approximate surface area is 98.4 Å². The molecule has 1 N–H and O–H groups in total. The van der Waals surface area contributed by atoms with Gasteiger partial charge in [0, 0.05) is 10.7 Å². The van der Waals surface area contributed by atoms with Crippen molar-refractivity contribution in [3.8, 4) is 0 Å². The molecule has 1 aromatic carbocycles. The summed E-state index contributed by atoms with van der Waals surface area (Å²) in [4.78, 5) is 13.2. The number of halogens is 1. The molecule has 0 spiro atoms. The fourth-order valence-electron chi connectivity index (χ4n) is 1.63. The fourth-order valence-corrected chi connectivity index (χ4v) is 1.81. The summed E-state index contributed by atoms with van der Waals surface area (Å²) in [6.45, 7) is 0.262. The van der Waals surface area contributed by atoms with Gasteiger partial charge in [0.15, 0.2) is 0 Å². The maximum Gasteiger partial charge on any atom is 0.253 e. The number of carbonyl (C=O) groups is 1. The third-order valence-corrected chi connectivity index (χ3v) is 2.69. The molecule has 1 atom stereocenters. The summed E-state index contributed by atoms with van der Waals surface area (Å²) in [6, 6.07) is 7.07. The van der Waals surface area contributed by atoms with Crippen molar-refractivity contribution in [3.63, 3.8) is 0 Å². The average molecular weight is 242 g/mol. The molecule has 0 aromatic heterocycles. The Bertz CT molecular complexity index is 397. The van der Waals surface area contributed by atoms with E-state index in [-0.39, 0.29) is 25.2 Å². The van der Waals surface area contributed by atoms with E-state index >= 15 is 0 Å². The number of benzene rings is 1. The molecule has 2 rings (SSSR count). The number of anilines is 1. The van der Waals surface area contributed by atoms with Gasteiger partial charge in [-0.3, -0.25) is 4.79 Å². The van der Waals surface area contributed by atoms with Gasteiger partial charge in [0.25, 0.3) is 5.91 Å². The van der Waals surface area contributed by atoms with Gasteiger partial charge in [0.05, 0.1) is 19.3 Å². The van der Waals surface area contributed by atoms with Gasteiger partial charge in [0.2, 0.25) is 0 Å². The number of ether oxygens (including phenoxy) is 1. The minimum absolute atomic E-state index is 0.00224. The molecule has 0 aliphatic carbocycles. The van der Waals surface area contributed by atoms with Gasteiger partial charge >= 0.3 is 0 Å². The molecule has 0 saturated carbocycles. The van der Waals surface area contributed by atoms with E-state index in [4.69, 9.17) is 21.4 Å². The number of nitrogens with zero attached hydrogens (tertiary/aromatic N) is 1. The lowest BCUT2D eigenvalue weighted by atomic mass is 10.2. The van der Waals surface area contributed by atoms with Crippen molar-refractivity contribution in [2.75, 3.05) is 24.7 Å². The molecule has 1 heterocycles. The second kappa shape index (κ2) is 4.82. The SMILES string of the molecule is O=C1COC(CO)CN1c1cccc(Cl)c1. The Morgan fingerprint density at radius 1 is 1.56 bits per heavy atom. The summed E-state index contributed by atoms with van der Waals surface area (Å²) in [5.41, 5.74) is 0.735. The molecule has 1 fully saturated rings. The van der Waals surface area contributed by atoms with Gasteiger partial charge in [0.1, 0.15) is 6.61 Å². The summed E-state index contributed by atoms with van der Waals surface area (Å²) in [5, 5.41) is 9.59. The zero-order valence-corrected chi connectivity index (χ0v) is 9.35. The Hall–Kier alpha value is -1.10. The van der Waals surface area contributed by atoms with Crippen LogP contribution in [0.5, 0.6) is 0 Å². The molecule has 5 heteroatoms. The van der Waals surface area contributed by atoms with E-state index < -0.39 is 0 Å². The molecule has 4 nitrogen and oxygen atoms in total. The van der Waals surface area contributed by atoms with Crippen LogP contribution < -0.4 is 4.90 Å². The van der Waals surface area contributed by atoms with Crippen LogP contribution in [0.4, 0.5) is 5.69 Å². The standard InChI is InChI=1S/C11H12ClNO3/c12-8-2-1-3-9(4-8)13-5-10(6-14)16-7-11(13)15/h1-4,10,14H,5-7H2. The highest BCUT2D eigenvalue weighted by molar-refractivity contribution is 6.30. The Morgan fingerprint density at radius 3 is 3.06 bits per heavy atom. The highest BCUT2D eigenvalue weighted by Gasteiger charge is 2.26. The molecule has 1 aliphatic rings. The lowest BCUT2D eigenvalue weighted by molar-refractivity contribution is -0.130. The second-order valence-electron chi connectivity index (χ2n) is 3.60. The molecule has 1 aliphatic heterocycles. The molecule has 1 amide bonds. The first-order valence-corrected chi connectivity index (χ1v) is 5.37. The predicted octanol–water partition coefficient (Wildman–Crippen LogP) is 1.06. The van der Waals surface area contributed by atoms with Gasteiger partial charge < -0.3 is 14.7 Å². The van der Waals surface area contributed by atoms with Crippen LogP contribution in [0.2, 0.25) is 5.02 Å². The minimum Gasteiger partial charge on any atom is -0.394 e. The van der Waals surface area contributed by atoms with Crippen molar-refractivity contribution in [1.29, 1.82) is 0 Å². The summed E-state index contributed by atoms with van der Waals surface area (Å²) in [6.07, 6.45) is -0.323. The number of morpholine rings is 1. The van der Waals surface area contributed by atoms with Crippen molar-refractivity contribution < 1.29 is 14.6 Å². The van der Waals surface area contributed by atoms with Gasteiger partial charge in [-0.2, -0.15) is 0 Å². The topological polar surface area (TPSA) is 49.8 Å². The minimum atomic E-state index is -0.323. The number of hydrogen-bond donors (Lipinski definition) is 1. The third-order valence-electron chi connectivity index (χ3n) is 2.45. The second-order valence-corrected chi connectivity index (χ2v) is 4.04. The Morgan fingerprint density at radius 2 is 2.38 bits per heavy atom. The van der Waals surface area contributed by atoms with Crippen LogP contribution in [0, 0.1) is 0 Å². The number of rotatable bonds is 2. The highest BCUT2D eigenvalue weighted by atomic mass is 35.5. The largest absolute Gasteiger partial charge is 0.394 e. The highest BCUT2D eigenvalue weighted by Crippen LogP contribution is 2.22. The van der Waals surface area contributed by atoms with E-state index in [1.807, 2.05) is 6.07 Å². The lowest BCUT2D eigenvalue weighted by Gasteiger charge is -2.31. The predicted molar refractivity (Wildman–Crippen MR) is 60.6 cm³/mol. The van der Waals surface area contributed by atoms with Crippen LogP contribution in [-0.2, 0) is 9.53 Å². The zero-order valence-electron chi connectivity index (χ0n) is 8.60. The molecule has 0 bridgehead atoms. The van der Waals surface area contributed by atoms with Crippen molar-refractivity contribution in [2.24, 2.45) is 0 Å². The van der Waals surface area contributed by atoms with Gasteiger partial charge in [-0.05, 0) is 18.2 Å². The van der Waals surface area contributed by atoms with E-state index in [0.717, 1.165) is 5.69 Å². The van der Waals surface area contributed by atoms with E-state index in [1.54, 1.807) is 23.1 Å². The van der Waals surface area contributed by atoms with E-state index in [1.165, 1.54) is 0 Å². The van der Waals surface area contributed by atoms with Gasteiger partial charge in [-0.25, -0.2) is 0 Å². The molecule has 16 heavy (non-hydrogen) atoms. The van der Waals surface area contributed by atoms with Crippen molar-refractivity contribution in [2.45, 2.75) is 6.10 Å². The first-order chi connectivity index (χ1) is 7.70. The number of amides is 1. The molecule has 1 saturated heterocycles. The van der Waals surface area contributed by atoms with Gasteiger partial charge in [-0.15, -0.1) is 0 Å². The normalized spacial score (nSPS) is 21.2. The Balaban J connectivity index is 2.21. The van der Waals surface area contributed by atoms with E-state index in [0.29, 0.717) is 11.6 Å². The first-order valence-electron chi connectivity index (χ1n) is 4.99.